The number of hydrogen-bond donors (Lipinski definition) is 3. The molecular formula is C17H22F3N5O3. The predicted octanol–water partition coefficient (Wildman–Crippen LogP) is 0.631. The van der Waals surface area contributed by atoms with Crippen molar-refractivity contribution in [2.24, 2.45) is 0 Å². The number of rotatable bonds is 6. The molecule has 0 aromatic heterocycles. The third-order valence-electron chi connectivity index (χ3n) is 3.96. The number of benzene rings is 1. The van der Waals surface area contributed by atoms with Crippen LogP contribution in [0, 0.1) is 0 Å². The van der Waals surface area contributed by atoms with E-state index in [1.165, 1.54) is 0 Å². The minimum atomic E-state index is -4.54. The molecule has 1 aromatic rings. The number of carbonyl (C=O) groups is 3. The van der Waals surface area contributed by atoms with E-state index >= 15 is 0 Å². The first kappa shape index (κ1) is 21.6. The van der Waals surface area contributed by atoms with Crippen molar-refractivity contribution in [3.05, 3.63) is 30.3 Å². The fourth-order valence-electron chi connectivity index (χ4n) is 2.62. The van der Waals surface area contributed by atoms with Gasteiger partial charge in [0.05, 0.1) is 13.1 Å². The number of para-hydroxylation sites is 1. The Balaban J connectivity index is 1.64. The number of amides is 4. The van der Waals surface area contributed by atoms with Crippen molar-refractivity contribution in [1.82, 2.24) is 20.4 Å². The summed E-state index contributed by atoms with van der Waals surface area (Å²) in [7, 11) is 0. The van der Waals surface area contributed by atoms with Crippen molar-refractivity contribution < 1.29 is 27.6 Å². The number of alkyl halides is 3. The zero-order chi connectivity index (χ0) is 20.6. The van der Waals surface area contributed by atoms with Crippen LogP contribution in [0.1, 0.15) is 0 Å². The van der Waals surface area contributed by atoms with Crippen LogP contribution < -0.4 is 16.0 Å². The van der Waals surface area contributed by atoms with Crippen LogP contribution >= 0.6 is 0 Å². The zero-order valence-corrected chi connectivity index (χ0v) is 15.1. The van der Waals surface area contributed by atoms with Crippen LogP contribution in [0.5, 0.6) is 0 Å². The number of imide groups is 1. The molecule has 1 aliphatic heterocycles. The molecule has 1 heterocycles. The summed E-state index contributed by atoms with van der Waals surface area (Å²) < 4.78 is 36.0. The van der Waals surface area contributed by atoms with Gasteiger partial charge < -0.3 is 10.6 Å². The van der Waals surface area contributed by atoms with E-state index in [0.29, 0.717) is 31.9 Å². The van der Waals surface area contributed by atoms with Crippen molar-refractivity contribution >= 4 is 23.5 Å². The zero-order valence-electron chi connectivity index (χ0n) is 15.1. The van der Waals surface area contributed by atoms with Crippen LogP contribution in [-0.4, -0.2) is 79.6 Å². The lowest BCUT2D eigenvalue weighted by atomic mass is 10.3. The normalized spacial score (nSPS) is 15.7. The topological polar surface area (TPSA) is 93.8 Å². The molecule has 28 heavy (non-hydrogen) atoms. The monoisotopic (exact) mass is 401 g/mol. The molecule has 1 saturated heterocycles. The van der Waals surface area contributed by atoms with Crippen LogP contribution in [-0.2, 0) is 9.59 Å². The lowest BCUT2D eigenvalue weighted by Gasteiger charge is -2.33. The standard InChI is InChI=1S/C17H22F3N5O3/c18-17(19,20)12-21-16(28)23-15(27)11-25-8-6-24(7-9-25)10-14(26)22-13-4-2-1-3-5-13/h1-5H,6-12H2,(H,22,26)(H2,21,23,27,28). The highest BCUT2D eigenvalue weighted by atomic mass is 19.4. The summed E-state index contributed by atoms with van der Waals surface area (Å²) in [6, 6.07) is 7.90. The third-order valence-corrected chi connectivity index (χ3v) is 3.96. The highest BCUT2D eigenvalue weighted by Gasteiger charge is 2.28. The smallest absolute Gasteiger partial charge is 0.329 e. The van der Waals surface area contributed by atoms with E-state index in [9.17, 15) is 27.6 Å². The lowest BCUT2D eigenvalue weighted by molar-refractivity contribution is -0.125. The summed E-state index contributed by atoms with van der Waals surface area (Å²) >= 11 is 0. The maximum Gasteiger partial charge on any atom is 0.405 e. The van der Waals surface area contributed by atoms with Gasteiger partial charge in [0.15, 0.2) is 0 Å². The maximum atomic E-state index is 12.0. The molecule has 2 rings (SSSR count). The Labute approximate surface area is 160 Å². The van der Waals surface area contributed by atoms with Gasteiger partial charge in [0, 0.05) is 31.9 Å². The number of carbonyl (C=O) groups excluding carboxylic acids is 3. The van der Waals surface area contributed by atoms with E-state index in [-0.39, 0.29) is 19.0 Å². The third kappa shape index (κ3) is 8.35. The van der Waals surface area contributed by atoms with E-state index in [2.05, 4.69) is 5.32 Å². The maximum absolute atomic E-state index is 12.0. The molecule has 0 saturated carbocycles. The van der Waals surface area contributed by atoms with Crippen LogP contribution in [0.25, 0.3) is 0 Å². The molecule has 1 aliphatic rings. The first-order valence-corrected chi connectivity index (χ1v) is 8.65. The Bertz CT molecular complexity index is 676. The molecule has 154 valence electrons. The summed E-state index contributed by atoms with van der Waals surface area (Å²) in [5.41, 5.74) is 0.714. The number of hydrogen-bond acceptors (Lipinski definition) is 5. The van der Waals surface area contributed by atoms with Gasteiger partial charge in [0.2, 0.25) is 11.8 Å². The Morgan fingerprint density at radius 2 is 1.43 bits per heavy atom. The Kier molecular flexibility index (Phi) is 7.76. The summed E-state index contributed by atoms with van der Waals surface area (Å²) in [4.78, 5) is 38.7. The molecule has 1 aromatic carbocycles. The van der Waals surface area contributed by atoms with Gasteiger partial charge in [0.1, 0.15) is 6.54 Å². The summed E-state index contributed by atoms with van der Waals surface area (Å²) in [5, 5.41) is 6.23. The van der Waals surface area contributed by atoms with Crippen LogP contribution in [0.15, 0.2) is 30.3 Å². The number of anilines is 1. The lowest BCUT2D eigenvalue weighted by Crippen LogP contribution is -2.52. The van der Waals surface area contributed by atoms with Gasteiger partial charge in [-0.25, -0.2) is 4.79 Å². The first-order chi connectivity index (χ1) is 13.2. The Morgan fingerprint density at radius 3 is 1.96 bits per heavy atom. The predicted molar refractivity (Wildman–Crippen MR) is 95.5 cm³/mol. The molecular weight excluding hydrogens is 379 g/mol. The quantitative estimate of drug-likeness (QED) is 0.650. The Morgan fingerprint density at radius 1 is 0.893 bits per heavy atom. The highest BCUT2D eigenvalue weighted by molar-refractivity contribution is 5.95. The van der Waals surface area contributed by atoms with E-state index in [1.54, 1.807) is 22.3 Å². The van der Waals surface area contributed by atoms with Crippen molar-refractivity contribution in [2.45, 2.75) is 6.18 Å². The van der Waals surface area contributed by atoms with Crippen molar-refractivity contribution in [1.29, 1.82) is 0 Å². The van der Waals surface area contributed by atoms with E-state index < -0.39 is 24.7 Å². The molecule has 0 radical (unpaired) electrons. The van der Waals surface area contributed by atoms with Crippen molar-refractivity contribution in [3.63, 3.8) is 0 Å². The van der Waals surface area contributed by atoms with Gasteiger partial charge in [-0.05, 0) is 12.1 Å². The summed E-state index contributed by atoms with van der Waals surface area (Å²) in [5.74, 6) is -0.825. The summed E-state index contributed by atoms with van der Waals surface area (Å²) in [6.45, 7) is 0.700. The van der Waals surface area contributed by atoms with Crippen LogP contribution in [0.2, 0.25) is 0 Å². The Hall–Kier alpha value is -2.66. The van der Waals surface area contributed by atoms with Crippen molar-refractivity contribution in [3.8, 4) is 0 Å². The van der Waals surface area contributed by atoms with Gasteiger partial charge in [-0.15, -0.1) is 0 Å². The molecule has 3 N–H and O–H groups in total. The van der Waals surface area contributed by atoms with E-state index in [1.807, 2.05) is 28.4 Å². The second-order valence-corrected chi connectivity index (χ2v) is 6.31. The van der Waals surface area contributed by atoms with Crippen LogP contribution in [0.3, 0.4) is 0 Å². The minimum Gasteiger partial charge on any atom is -0.329 e. The van der Waals surface area contributed by atoms with E-state index in [0.717, 1.165) is 0 Å². The number of piperazine rings is 1. The van der Waals surface area contributed by atoms with Crippen LogP contribution in [0.4, 0.5) is 23.7 Å². The van der Waals surface area contributed by atoms with Gasteiger partial charge in [-0.2, -0.15) is 13.2 Å². The first-order valence-electron chi connectivity index (χ1n) is 8.65. The number of nitrogens with one attached hydrogen (secondary N) is 3. The molecule has 0 spiro atoms. The molecule has 0 aliphatic carbocycles. The molecule has 11 heteroatoms. The van der Waals surface area contributed by atoms with Crippen molar-refractivity contribution in [2.75, 3.05) is 51.1 Å². The minimum absolute atomic E-state index is 0.108. The SMILES string of the molecule is O=C(CN1CCN(CC(=O)Nc2ccccc2)CC1)NC(=O)NCC(F)(F)F. The average Bonchev–Trinajstić information content (AvgIpc) is 2.62. The molecule has 0 unspecified atom stereocenters. The largest absolute Gasteiger partial charge is 0.405 e. The van der Waals surface area contributed by atoms with E-state index in [4.69, 9.17) is 0 Å². The summed E-state index contributed by atoms with van der Waals surface area (Å²) in [6.07, 6.45) is -4.54. The molecule has 0 bridgehead atoms. The molecule has 4 amide bonds. The molecule has 8 nitrogen and oxygen atoms in total. The fraction of sp³-hybridized carbons (Fsp3) is 0.471. The van der Waals surface area contributed by atoms with Gasteiger partial charge >= 0.3 is 12.2 Å². The number of urea groups is 1. The fourth-order valence-corrected chi connectivity index (χ4v) is 2.62. The second-order valence-electron chi connectivity index (χ2n) is 6.31. The van der Waals surface area contributed by atoms with Gasteiger partial charge in [0.25, 0.3) is 0 Å². The number of nitrogens with zero attached hydrogens (tertiary/aromatic N) is 2. The average molecular weight is 401 g/mol. The van der Waals surface area contributed by atoms with Gasteiger partial charge in [-0.3, -0.25) is 24.7 Å². The number of halogens is 3. The molecule has 0 atom stereocenters. The molecule has 1 fully saturated rings. The van der Waals surface area contributed by atoms with Gasteiger partial charge in [-0.1, -0.05) is 18.2 Å². The highest BCUT2D eigenvalue weighted by Crippen LogP contribution is 2.12. The second kappa shape index (κ2) is 10.0.